The molecule has 0 saturated carbocycles. The second-order valence-electron chi connectivity index (χ2n) is 3.90. The highest BCUT2D eigenvalue weighted by Gasteiger charge is 2.04. The average molecular weight is 237 g/mol. The topological polar surface area (TPSA) is 23.8 Å². The van der Waals surface area contributed by atoms with Crippen LogP contribution in [0.4, 0.5) is 0 Å². The first-order valence-corrected chi connectivity index (χ1v) is 5.60. The summed E-state index contributed by atoms with van der Waals surface area (Å²) in [6.07, 6.45) is 0. The Morgan fingerprint density at radius 3 is 2.41 bits per heavy atom. The van der Waals surface area contributed by atoms with Crippen LogP contribution in [-0.4, -0.2) is 0 Å². The highest BCUT2D eigenvalue weighted by molar-refractivity contribution is 6.32. The van der Waals surface area contributed by atoms with E-state index in [0.29, 0.717) is 10.6 Å². The predicted octanol–water partition coefficient (Wildman–Crippen LogP) is 4.32. The third kappa shape index (κ3) is 1.63. The van der Waals surface area contributed by atoms with E-state index in [1.165, 1.54) is 0 Å². The van der Waals surface area contributed by atoms with Crippen LogP contribution in [0.2, 0.25) is 5.02 Å². The number of nitriles is 1. The first-order valence-electron chi connectivity index (χ1n) is 5.22. The van der Waals surface area contributed by atoms with E-state index in [-0.39, 0.29) is 0 Å². The van der Waals surface area contributed by atoms with Gasteiger partial charge in [-0.2, -0.15) is 5.26 Å². The Hall–Kier alpha value is -2.04. The number of rotatable bonds is 0. The second kappa shape index (κ2) is 3.76. The SMILES string of the molecule is N#Cc1cc2cc3ccccc3cc2[c]c1Cl. The molecule has 0 bridgehead atoms. The van der Waals surface area contributed by atoms with E-state index in [2.05, 4.69) is 30.3 Å². The van der Waals surface area contributed by atoms with E-state index in [0.717, 1.165) is 21.5 Å². The largest absolute Gasteiger partial charge is 0.192 e. The quantitative estimate of drug-likeness (QED) is 0.534. The fraction of sp³-hybridized carbons (Fsp3) is 0. The lowest BCUT2D eigenvalue weighted by Crippen LogP contribution is -1.81. The van der Waals surface area contributed by atoms with Crippen LogP contribution < -0.4 is 0 Å². The minimum Gasteiger partial charge on any atom is -0.192 e. The van der Waals surface area contributed by atoms with Gasteiger partial charge < -0.3 is 0 Å². The van der Waals surface area contributed by atoms with Gasteiger partial charge in [0.2, 0.25) is 0 Å². The van der Waals surface area contributed by atoms with Crippen molar-refractivity contribution in [1.82, 2.24) is 0 Å². The normalized spacial score (nSPS) is 10.6. The Bertz CT molecular complexity index is 769. The monoisotopic (exact) mass is 236 g/mol. The number of hydrogen-bond acceptors (Lipinski definition) is 1. The lowest BCUT2D eigenvalue weighted by atomic mass is 10.0. The van der Waals surface area contributed by atoms with Gasteiger partial charge in [-0.05, 0) is 39.7 Å². The van der Waals surface area contributed by atoms with Crippen molar-refractivity contribution in [2.24, 2.45) is 0 Å². The summed E-state index contributed by atoms with van der Waals surface area (Å²) in [6.45, 7) is 0. The summed E-state index contributed by atoms with van der Waals surface area (Å²) in [7, 11) is 0. The van der Waals surface area contributed by atoms with E-state index in [1.54, 1.807) is 6.07 Å². The van der Waals surface area contributed by atoms with Crippen molar-refractivity contribution in [3.8, 4) is 6.07 Å². The molecule has 0 amide bonds. The minimum atomic E-state index is 0.385. The fourth-order valence-corrected chi connectivity index (χ4v) is 2.17. The van der Waals surface area contributed by atoms with Crippen LogP contribution >= 0.6 is 11.6 Å². The first-order chi connectivity index (χ1) is 8.28. The van der Waals surface area contributed by atoms with Crippen LogP contribution in [-0.2, 0) is 0 Å². The maximum Gasteiger partial charge on any atom is 0.101 e. The summed E-state index contributed by atoms with van der Waals surface area (Å²) in [4.78, 5) is 0. The van der Waals surface area contributed by atoms with Crippen LogP contribution in [0.1, 0.15) is 5.56 Å². The molecule has 3 aromatic rings. The zero-order valence-corrected chi connectivity index (χ0v) is 9.62. The Morgan fingerprint density at radius 2 is 1.71 bits per heavy atom. The molecule has 0 fully saturated rings. The molecule has 0 aromatic heterocycles. The molecule has 0 atom stereocenters. The second-order valence-corrected chi connectivity index (χ2v) is 4.27. The molecule has 0 aliphatic rings. The summed E-state index contributed by atoms with van der Waals surface area (Å²) in [5.41, 5.74) is 0.467. The lowest BCUT2D eigenvalue weighted by Gasteiger charge is -2.03. The molecule has 3 rings (SSSR count). The van der Waals surface area contributed by atoms with Crippen molar-refractivity contribution < 1.29 is 0 Å². The zero-order chi connectivity index (χ0) is 11.8. The fourth-order valence-electron chi connectivity index (χ4n) is 1.97. The number of halogens is 1. The molecule has 0 aliphatic heterocycles. The standard InChI is InChI=1S/C15H7ClN/c16-15-8-13-6-11-4-2-1-3-10(11)5-12(13)7-14(15)9-17/h1-7H. The lowest BCUT2D eigenvalue weighted by molar-refractivity contribution is 1.49. The van der Waals surface area contributed by atoms with E-state index in [1.807, 2.05) is 18.2 Å². The average Bonchev–Trinajstić information content (AvgIpc) is 2.35. The third-order valence-electron chi connectivity index (χ3n) is 2.82. The molecule has 79 valence electrons. The predicted molar refractivity (Wildman–Crippen MR) is 70.0 cm³/mol. The van der Waals surface area contributed by atoms with Crippen LogP contribution in [0, 0.1) is 17.4 Å². The molecule has 0 saturated heterocycles. The molecule has 0 spiro atoms. The van der Waals surface area contributed by atoms with Crippen LogP contribution in [0.25, 0.3) is 21.5 Å². The Kier molecular flexibility index (Phi) is 2.24. The molecule has 0 unspecified atom stereocenters. The number of benzene rings is 3. The molecule has 3 aromatic carbocycles. The molecule has 0 aliphatic carbocycles. The minimum absolute atomic E-state index is 0.385. The van der Waals surface area contributed by atoms with Gasteiger partial charge >= 0.3 is 0 Å². The van der Waals surface area contributed by atoms with E-state index in [9.17, 15) is 0 Å². The summed E-state index contributed by atoms with van der Waals surface area (Å²) in [5.74, 6) is 0. The number of fused-ring (bicyclic) bond motifs is 2. The molecular weight excluding hydrogens is 230 g/mol. The number of hydrogen-bond donors (Lipinski definition) is 0. The van der Waals surface area contributed by atoms with E-state index >= 15 is 0 Å². The maximum atomic E-state index is 8.94. The molecule has 0 heterocycles. The van der Waals surface area contributed by atoms with Crippen molar-refractivity contribution in [3.05, 3.63) is 59.1 Å². The van der Waals surface area contributed by atoms with Crippen molar-refractivity contribution in [2.75, 3.05) is 0 Å². The Morgan fingerprint density at radius 1 is 1.00 bits per heavy atom. The van der Waals surface area contributed by atoms with Gasteiger partial charge in [0, 0.05) is 6.07 Å². The Labute approximate surface area is 104 Å². The van der Waals surface area contributed by atoms with Crippen LogP contribution in [0.5, 0.6) is 0 Å². The zero-order valence-electron chi connectivity index (χ0n) is 8.87. The van der Waals surface area contributed by atoms with Gasteiger partial charge in [-0.3, -0.25) is 0 Å². The van der Waals surface area contributed by atoms with Gasteiger partial charge in [0.15, 0.2) is 0 Å². The molecule has 2 heteroatoms. The molecule has 1 radical (unpaired) electrons. The summed E-state index contributed by atoms with van der Waals surface area (Å²) in [5, 5.41) is 13.6. The summed E-state index contributed by atoms with van der Waals surface area (Å²) in [6, 6.07) is 19.1. The van der Waals surface area contributed by atoms with Crippen LogP contribution in [0.15, 0.2) is 42.5 Å². The number of nitrogens with zero attached hydrogens (tertiary/aromatic N) is 1. The molecule has 1 nitrogen and oxygen atoms in total. The smallest absolute Gasteiger partial charge is 0.101 e. The van der Waals surface area contributed by atoms with Gasteiger partial charge in [-0.25, -0.2) is 0 Å². The van der Waals surface area contributed by atoms with Crippen molar-refractivity contribution >= 4 is 33.1 Å². The Balaban J connectivity index is 2.45. The molecular formula is C15H7ClN. The van der Waals surface area contributed by atoms with Gasteiger partial charge in [0.25, 0.3) is 0 Å². The van der Waals surface area contributed by atoms with Gasteiger partial charge in [0.05, 0.1) is 10.6 Å². The van der Waals surface area contributed by atoms with Gasteiger partial charge in [-0.15, -0.1) is 0 Å². The summed E-state index contributed by atoms with van der Waals surface area (Å²) >= 11 is 5.98. The van der Waals surface area contributed by atoms with Gasteiger partial charge in [-0.1, -0.05) is 35.9 Å². The molecule has 0 N–H and O–H groups in total. The van der Waals surface area contributed by atoms with Crippen molar-refractivity contribution in [2.45, 2.75) is 0 Å². The summed E-state index contributed by atoms with van der Waals surface area (Å²) < 4.78 is 0. The van der Waals surface area contributed by atoms with Crippen LogP contribution in [0.3, 0.4) is 0 Å². The highest BCUT2D eigenvalue weighted by atomic mass is 35.5. The highest BCUT2D eigenvalue weighted by Crippen LogP contribution is 2.27. The van der Waals surface area contributed by atoms with E-state index in [4.69, 9.17) is 16.9 Å². The maximum absolute atomic E-state index is 8.94. The van der Waals surface area contributed by atoms with Gasteiger partial charge in [0.1, 0.15) is 6.07 Å². The van der Waals surface area contributed by atoms with E-state index < -0.39 is 0 Å². The van der Waals surface area contributed by atoms with Crippen molar-refractivity contribution in [1.29, 1.82) is 5.26 Å². The molecule has 17 heavy (non-hydrogen) atoms. The third-order valence-corrected chi connectivity index (χ3v) is 3.12. The van der Waals surface area contributed by atoms with Crippen molar-refractivity contribution in [3.63, 3.8) is 0 Å². The first kappa shape index (κ1) is 10.1.